The first-order valence-corrected chi connectivity index (χ1v) is 7.43. The van der Waals surface area contributed by atoms with Gasteiger partial charge >= 0.3 is 0 Å². The number of carbonyl (C=O) groups excluding carboxylic acids is 1. The Morgan fingerprint density at radius 2 is 2.10 bits per heavy atom. The van der Waals surface area contributed by atoms with E-state index in [0.29, 0.717) is 23.4 Å². The Morgan fingerprint density at radius 3 is 2.86 bits per heavy atom. The molecule has 0 saturated carbocycles. The normalized spacial score (nSPS) is 16.6. The molecule has 2 aromatic rings. The average Bonchev–Trinajstić information content (AvgIpc) is 2.36. The molecule has 0 bridgehead atoms. The largest absolute Gasteiger partial charge is 0.294 e. The van der Waals surface area contributed by atoms with Gasteiger partial charge in [0.15, 0.2) is 5.78 Å². The van der Waals surface area contributed by atoms with Crippen LogP contribution in [0.25, 0.3) is 0 Å². The summed E-state index contributed by atoms with van der Waals surface area (Å²) in [5, 5.41) is 0.710. The van der Waals surface area contributed by atoms with E-state index in [1.165, 1.54) is 0 Å². The second kappa shape index (κ2) is 5.23. The van der Waals surface area contributed by atoms with Crippen molar-refractivity contribution in [2.45, 2.75) is 33.1 Å². The second-order valence-corrected chi connectivity index (χ2v) is 6.83. The molecule has 0 aliphatic heterocycles. The van der Waals surface area contributed by atoms with Crippen molar-refractivity contribution in [1.29, 1.82) is 0 Å². The minimum Gasteiger partial charge on any atom is -0.294 e. The molecule has 0 spiro atoms. The van der Waals surface area contributed by atoms with Crippen LogP contribution < -0.4 is 0 Å². The van der Waals surface area contributed by atoms with Crippen molar-refractivity contribution < 1.29 is 4.79 Å². The quantitative estimate of drug-likeness (QED) is 0.845. The lowest BCUT2D eigenvalue weighted by atomic mass is 9.76. The van der Waals surface area contributed by atoms with Crippen LogP contribution in [0.15, 0.2) is 30.5 Å². The number of Topliss-reactive ketones (excluding diaryl/α,β-unsaturated/α-hetero) is 1. The number of halogens is 1. The highest BCUT2D eigenvalue weighted by Crippen LogP contribution is 2.33. The summed E-state index contributed by atoms with van der Waals surface area (Å²) in [6.07, 6.45) is 3.69. The lowest BCUT2D eigenvalue weighted by Crippen LogP contribution is -2.28. The van der Waals surface area contributed by atoms with E-state index in [2.05, 4.69) is 23.8 Å². The standard InChI is InChI=1S/C17H17ClN2O/c1-17(2)8-14-13(15(21)9-17)10-19-16(20-14)7-11-4-3-5-12(18)6-11/h3-6,10H,7-9H2,1-2H3. The van der Waals surface area contributed by atoms with E-state index in [1.807, 2.05) is 24.3 Å². The maximum Gasteiger partial charge on any atom is 0.166 e. The molecule has 3 nitrogen and oxygen atoms in total. The van der Waals surface area contributed by atoms with E-state index in [0.717, 1.165) is 23.5 Å². The van der Waals surface area contributed by atoms with Gasteiger partial charge in [0, 0.05) is 24.1 Å². The van der Waals surface area contributed by atoms with Gasteiger partial charge in [-0.2, -0.15) is 0 Å². The molecule has 1 aliphatic rings. The van der Waals surface area contributed by atoms with Gasteiger partial charge in [-0.1, -0.05) is 37.6 Å². The number of carbonyl (C=O) groups is 1. The highest BCUT2D eigenvalue weighted by Gasteiger charge is 2.32. The number of nitrogens with zero attached hydrogens (tertiary/aromatic N) is 2. The van der Waals surface area contributed by atoms with Crippen molar-refractivity contribution in [3.8, 4) is 0 Å². The third-order valence-electron chi connectivity index (χ3n) is 3.75. The third kappa shape index (κ3) is 3.13. The van der Waals surface area contributed by atoms with Gasteiger partial charge in [-0.05, 0) is 29.5 Å². The molecule has 0 amide bonds. The van der Waals surface area contributed by atoms with Crippen LogP contribution in [-0.4, -0.2) is 15.8 Å². The first kappa shape index (κ1) is 14.2. The number of benzene rings is 1. The summed E-state index contributed by atoms with van der Waals surface area (Å²) in [4.78, 5) is 21.1. The van der Waals surface area contributed by atoms with Crippen LogP contribution in [0.3, 0.4) is 0 Å². The van der Waals surface area contributed by atoms with Gasteiger partial charge in [0.25, 0.3) is 0 Å². The predicted molar refractivity (Wildman–Crippen MR) is 82.7 cm³/mol. The Hall–Kier alpha value is -1.74. The van der Waals surface area contributed by atoms with Crippen LogP contribution in [-0.2, 0) is 12.8 Å². The Kier molecular flexibility index (Phi) is 3.54. The topological polar surface area (TPSA) is 42.9 Å². The molecule has 21 heavy (non-hydrogen) atoms. The van der Waals surface area contributed by atoms with Crippen LogP contribution in [0.5, 0.6) is 0 Å². The van der Waals surface area contributed by atoms with Gasteiger partial charge in [0.1, 0.15) is 5.82 Å². The van der Waals surface area contributed by atoms with Gasteiger partial charge < -0.3 is 0 Å². The lowest BCUT2D eigenvalue weighted by Gasteiger charge is -2.29. The zero-order chi connectivity index (χ0) is 15.0. The summed E-state index contributed by atoms with van der Waals surface area (Å²) in [5.74, 6) is 0.886. The summed E-state index contributed by atoms with van der Waals surface area (Å²) in [7, 11) is 0. The Labute approximate surface area is 129 Å². The van der Waals surface area contributed by atoms with Gasteiger partial charge in [-0.3, -0.25) is 4.79 Å². The van der Waals surface area contributed by atoms with Crippen molar-refractivity contribution in [2.75, 3.05) is 0 Å². The van der Waals surface area contributed by atoms with Crippen LogP contribution in [0.2, 0.25) is 5.02 Å². The maximum absolute atomic E-state index is 12.1. The van der Waals surface area contributed by atoms with Crippen molar-refractivity contribution >= 4 is 17.4 Å². The zero-order valence-electron chi connectivity index (χ0n) is 12.2. The molecule has 1 heterocycles. The van der Waals surface area contributed by atoms with Gasteiger partial charge in [0.2, 0.25) is 0 Å². The summed E-state index contributed by atoms with van der Waals surface area (Å²) in [5.41, 5.74) is 2.61. The molecule has 0 saturated heterocycles. The smallest absolute Gasteiger partial charge is 0.166 e. The predicted octanol–water partition coefficient (Wildman–Crippen LogP) is 3.88. The van der Waals surface area contributed by atoms with E-state index in [9.17, 15) is 4.79 Å². The number of fused-ring (bicyclic) bond motifs is 1. The Morgan fingerprint density at radius 1 is 1.29 bits per heavy atom. The van der Waals surface area contributed by atoms with Gasteiger partial charge in [-0.25, -0.2) is 9.97 Å². The maximum atomic E-state index is 12.1. The van der Waals surface area contributed by atoms with E-state index in [4.69, 9.17) is 11.6 Å². The lowest BCUT2D eigenvalue weighted by molar-refractivity contribution is 0.0909. The van der Waals surface area contributed by atoms with E-state index in [1.54, 1.807) is 6.20 Å². The number of hydrogen-bond acceptors (Lipinski definition) is 3. The van der Waals surface area contributed by atoms with Crippen LogP contribution in [0, 0.1) is 5.41 Å². The molecule has 0 atom stereocenters. The summed E-state index contributed by atoms with van der Waals surface area (Å²) in [6, 6.07) is 7.69. The fraction of sp³-hybridized carbons (Fsp3) is 0.353. The molecule has 4 heteroatoms. The molecule has 108 valence electrons. The highest BCUT2D eigenvalue weighted by atomic mass is 35.5. The Balaban J connectivity index is 1.91. The summed E-state index contributed by atoms with van der Waals surface area (Å²) in [6.45, 7) is 4.21. The Bertz CT molecular complexity index is 710. The van der Waals surface area contributed by atoms with Crippen LogP contribution >= 0.6 is 11.6 Å². The molecular formula is C17H17ClN2O. The number of hydrogen-bond donors (Lipinski definition) is 0. The number of rotatable bonds is 2. The van der Waals surface area contributed by atoms with Crippen LogP contribution in [0.1, 0.15) is 47.7 Å². The SMILES string of the molecule is CC1(C)CC(=O)c2cnc(Cc3cccc(Cl)c3)nc2C1. The van der Waals surface area contributed by atoms with Crippen molar-refractivity contribution in [3.05, 3.63) is 58.1 Å². The minimum atomic E-state index is -0.0221. The van der Waals surface area contributed by atoms with Crippen LogP contribution in [0.4, 0.5) is 0 Å². The molecule has 1 aromatic carbocycles. The monoisotopic (exact) mass is 300 g/mol. The molecule has 0 fully saturated rings. The fourth-order valence-electron chi connectivity index (χ4n) is 2.79. The molecule has 0 N–H and O–H groups in total. The van der Waals surface area contributed by atoms with E-state index in [-0.39, 0.29) is 11.2 Å². The van der Waals surface area contributed by atoms with Crippen molar-refractivity contribution in [2.24, 2.45) is 5.41 Å². The summed E-state index contributed by atoms with van der Waals surface area (Å²) < 4.78 is 0. The highest BCUT2D eigenvalue weighted by molar-refractivity contribution is 6.30. The van der Waals surface area contributed by atoms with Gasteiger partial charge in [0.05, 0.1) is 11.3 Å². The molecule has 0 unspecified atom stereocenters. The third-order valence-corrected chi connectivity index (χ3v) is 3.99. The second-order valence-electron chi connectivity index (χ2n) is 6.39. The number of ketones is 1. The minimum absolute atomic E-state index is 0.0221. The molecule has 1 aliphatic carbocycles. The van der Waals surface area contributed by atoms with Crippen molar-refractivity contribution in [3.63, 3.8) is 0 Å². The zero-order valence-corrected chi connectivity index (χ0v) is 12.9. The fourth-order valence-corrected chi connectivity index (χ4v) is 3.00. The summed E-state index contributed by atoms with van der Waals surface area (Å²) >= 11 is 6.00. The molecule has 1 aromatic heterocycles. The molecule has 0 radical (unpaired) electrons. The van der Waals surface area contributed by atoms with Gasteiger partial charge in [-0.15, -0.1) is 0 Å². The average molecular weight is 301 g/mol. The first-order chi connectivity index (χ1) is 9.93. The first-order valence-electron chi connectivity index (χ1n) is 7.05. The van der Waals surface area contributed by atoms with E-state index < -0.39 is 0 Å². The van der Waals surface area contributed by atoms with Crippen molar-refractivity contribution in [1.82, 2.24) is 9.97 Å². The van der Waals surface area contributed by atoms with E-state index >= 15 is 0 Å². The molecular weight excluding hydrogens is 284 g/mol. The number of aromatic nitrogens is 2. The molecule has 3 rings (SSSR count).